The Morgan fingerprint density at radius 1 is 1.04 bits per heavy atom. The number of nitrogens with one attached hydrogen (secondary N) is 1. The summed E-state index contributed by atoms with van der Waals surface area (Å²) in [6.07, 6.45) is 1.05. The Balaban J connectivity index is 2.11. The van der Waals surface area contributed by atoms with Crippen molar-refractivity contribution < 1.29 is 9.53 Å². The third-order valence-electron chi connectivity index (χ3n) is 3.73. The maximum atomic E-state index is 12.6. The number of aryl methyl sites for hydroxylation is 1. The molecule has 23 heavy (non-hydrogen) atoms. The molecule has 2 aromatic carbocycles. The molecule has 0 fully saturated rings. The van der Waals surface area contributed by atoms with Crippen LogP contribution in [-0.2, 0) is 6.42 Å². The Labute approximate surface area is 138 Å². The number of rotatable bonds is 6. The summed E-state index contributed by atoms with van der Waals surface area (Å²) in [6, 6.07) is 15.6. The quantitative estimate of drug-likeness (QED) is 0.851. The van der Waals surface area contributed by atoms with Gasteiger partial charge in [-0.1, -0.05) is 43.3 Å². The predicted molar refractivity (Wildman–Crippen MR) is 93.9 cm³/mol. The Kier molecular flexibility index (Phi) is 5.80. The van der Waals surface area contributed by atoms with Crippen LogP contribution >= 0.6 is 0 Å². The summed E-state index contributed by atoms with van der Waals surface area (Å²) in [5.74, 6) is 0.502. The summed E-state index contributed by atoms with van der Waals surface area (Å²) in [5.41, 5.74) is 2.96. The van der Waals surface area contributed by atoms with Crippen LogP contribution < -0.4 is 10.1 Å². The number of hydrogen-bond donors (Lipinski definition) is 1. The first-order chi connectivity index (χ1) is 11.0. The van der Waals surface area contributed by atoms with Gasteiger partial charge >= 0.3 is 0 Å². The van der Waals surface area contributed by atoms with E-state index in [0.717, 1.165) is 12.0 Å². The van der Waals surface area contributed by atoms with E-state index in [1.165, 1.54) is 5.56 Å². The predicted octanol–water partition coefficient (Wildman–Crippen LogP) is 4.53. The Hall–Kier alpha value is -2.29. The number of hydrogen-bond acceptors (Lipinski definition) is 2. The summed E-state index contributed by atoms with van der Waals surface area (Å²) in [4.78, 5) is 12.6. The Bertz CT molecular complexity index is 647. The highest BCUT2D eigenvalue weighted by atomic mass is 16.5. The lowest BCUT2D eigenvalue weighted by Gasteiger charge is -2.17. The fraction of sp³-hybridized carbons (Fsp3) is 0.350. The van der Waals surface area contributed by atoms with Gasteiger partial charge in [-0.2, -0.15) is 0 Å². The highest BCUT2D eigenvalue weighted by Crippen LogP contribution is 2.21. The van der Waals surface area contributed by atoms with E-state index in [1.807, 2.05) is 39.0 Å². The second-order valence-corrected chi connectivity index (χ2v) is 5.95. The molecule has 0 unspecified atom stereocenters. The van der Waals surface area contributed by atoms with Gasteiger partial charge in [0.25, 0.3) is 5.91 Å². The van der Waals surface area contributed by atoms with Gasteiger partial charge in [-0.25, -0.2) is 0 Å². The van der Waals surface area contributed by atoms with E-state index in [2.05, 4.69) is 36.5 Å². The van der Waals surface area contributed by atoms with Crippen molar-refractivity contribution in [1.82, 2.24) is 5.32 Å². The molecule has 122 valence electrons. The van der Waals surface area contributed by atoms with Crippen molar-refractivity contribution in [3.8, 4) is 5.75 Å². The SMILES string of the molecule is CCc1ccc([C@H](C)NC(=O)c2ccccc2OC(C)C)cc1. The van der Waals surface area contributed by atoms with Gasteiger partial charge in [0.15, 0.2) is 0 Å². The average molecular weight is 311 g/mol. The molecule has 0 saturated carbocycles. The zero-order valence-corrected chi connectivity index (χ0v) is 14.3. The van der Waals surface area contributed by atoms with Crippen molar-refractivity contribution in [3.63, 3.8) is 0 Å². The lowest BCUT2D eigenvalue weighted by molar-refractivity contribution is 0.0934. The van der Waals surface area contributed by atoms with Crippen molar-refractivity contribution in [1.29, 1.82) is 0 Å². The lowest BCUT2D eigenvalue weighted by atomic mass is 10.0. The minimum atomic E-state index is -0.117. The van der Waals surface area contributed by atoms with Crippen LogP contribution in [0.2, 0.25) is 0 Å². The smallest absolute Gasteiger partial charge is 0.255 e. The Morgan fingerprint density at radius 2 is 1.70 bits per heavy atom. The van der Waals surface area contributed by atoms with Crippen LogP contribution in [0.15, 0.2) is 48.5 Å². The minimum absolute atomic E-state index is 0.0305. The van der Waals surface area contributed by atoms with Gasteiger partial charge in [0.05, 0.1) is 17.7 Å². The van der Waals surface area contributed by atoms with Crippen molar-refractivity contribution in [2.24, 2.45) is 0 Å². The van der Waals surface area contributed by atoms with Gasteiger partial charge < -0.3 is 10.1 Å². The molecule has 0 saturated heterocycles. The first-order valence-electron chi connectivity index (χ1n) is 8.16. The van der Waals surface area contributed by atoms with E-state index < -0.39 is 0 Å². The molecule has 3 heteroatoms. The van der Waals surface area contributed by atoms with Gasteiger partial charge in [-0.3, -0.25) is 4.79 Å². The molecule has 0 aliphatic heterocycles. The van der Waals surface area contributed by atoms with Crippen LogP contribution in [0.4, 0.5) is 0 Å². The first-order valence-corrected chi connectivity index (χ1v) is 8.16. The van der Waals surface area contributed by atoms with Crippen LogP contribution in [-0.4, -0.2) is 12.0 Å². The lowest BCUT2D eigenvalue weighted by Crippen LogP contribution is -2.27. The topological polar surface area (TPSA) is 38.3 Å². The molecular weight excluding hydrogens is 286 g/mol. The zero-order chi connectivity index (χ0) is 16.8. The number of amides is 1. The maximum Gasteiger partial charge on any atom is 0.255 e. The van der Waals surface area contributed by atoms with Gasteiger partial charge in [-0.15, -0.1) is 0 Å². The summed E-state index contributed by atoms with van der Waals surface area (Å²) < 4.78 is 5.72. The summed E-state index contributed by atoms with van der Waals surface area (Å²) in [5, 5.41) is 3.04. The molecule has 1 amide bonds. The fourth-order valence-corrected chi connectivity index (χ4v) is 2.41. The third-order valence-corrected chi connectivity index (χ3v) is 3.73. The van der Waals surface area contributed by atoms with E-state index in [9.17, 15) is 4.79 Å². The van der Waals surface area contributed by atoms with E-state index >= 15 is 0 Å². The Morgan fingerprint density at radius 3 is 2.30 bits per heavy atom. The molecule has 0 bridgehead atoms. The second kappa shape index (κ2) is 7.82. The molecule has 2 aromatic rings. The van der Waals surface area contributed by atoms with Crippen LogP contribution in [0, 0.1) is 0 Å². The highest BCUT2D eigenvalue weighted by molar-refractivity contribution is 5.97. The summed E-state index contributed by atoms with van der Waals surface area (Å²) >= 11 is 0. The van der Waals surface area contributed by atoms with E-state index in [-0.39, 0.29) is 18.1 Å². The molecule has 0 radical (unpaired) electrons. The molecule has 0 spiro atoms. The zero-order valence-electron chi connectivity index (χ0n) is 14.3. The maximum absolute atomic E-state index is 12.6. The van der Waals surface area contributed by atoms with Gasteiger partial charge in [0, 0.05) is 0 Å². The van der Waals surface area contributed by atoms with E-state index in [1.54, 1.807) is 6.07 Å². The van der Waals surface area contributed by atoms with Crippen LogP contribution in [0.3, 0.4) is 0 Å². The number of para-hydroxylation sites is 1. The first kappa shape index (κ1) is 17.1. The van der Waals surface area contributed by atoms with Crippen LogP contribution in [0.1, 0.15) is 55.2 Å². The number of benzene rings is 2. The van der Waals surface area contributed by atoms with Gasteiger partial charge in [0.2, 0.25) is 0 Å². The van der Waals surface area contributed by atoms with Crippen LogP contribution in [0.25, 0.3) is 0 Å². The number of carbonyl (C=O) groups is 1. The molecule has 2 rings (SSSR count). The van der Waals surface area contributed by atoms with Crippen molar-refractivity contribution in [2.45, 2.75) is 46.3 Å². The average Bonchev–Trinajstić information content (AvgIpc) is 2.54. The van der Waals surface area contributed by atoms with Gasteiger partial charge in [0.1, 0.15) is 5.75 Å². The summed E-state index contributed by atoms with van der Waals surface area (Å²) in [7, 11) is 0. The largest absolute Gasteiger partial charge is 0.490 e. The monoisotopic (exact) mass is 311 g/mol. The van der Waals surface area contributed by atoms with Crippen LogP contribution in [0.5, 0.6) is 5.75 Å². The van der Waals surface area contributed by atoms with Crippen molar-refractivity contribution in [2.75, 3.05) is 0 Å². The second-order valence-electron chi connectivity index (χ2n) is 5.95. The molecule has 0 aliphatic carbocycles. The van der Waals surface area contributed by atoms with E-state index in [4.69, 9.17) is 4.74 Å². The van der Waals surface area contributed by atoms with Crippen molar-refractivity contribution >= 4 is 5.91 Å². The molecule has 0 aliphatic rings. The van der Waals surface area contributed by atoms with Gasteiger partial charge in [-0.05, 0) is 50.5 Å². The number of carbonyl (C=O) groups excluding carboxylic acids is 1. The minimum Gasteiger partial charge on any atom is -0.490 e. The number of ether oxygens (including phenoxy) is 1. The molecule has 1 N–H and O–H groups in total. The molecule has 0 heterocycles. The van der Waals surface area contributed by atoms with Crippen molar-refractivity contribution in [3.05, 3.63) is 65.2 Å². The van der Waals surface area contributed by atoms with E-state index in [0.29, 0.717) is 11.3 Å². The standard InChI is InChI=1S/C20H25NO2/c1-5-16-10-12-17(13-11-16)15(4)21-20(22)18-8-6-7-9-19(18)23-14(2)3/h6-15H,5H2,1-4H3,(H,21,22)/t15-/m0/s1. The highest BCUT2D eigenvalue weighted by Gasteiger charge is 2.16. The normalized spacial score (nSPS) is 12.0. The fourth-order valence-electron chi connectivity index (χ4n) is 2.41. The molecule has 0 aromatic heterocycles. The molecular formula is C20H25NO2. The molecule has 1 atom stereocenters. The third kappa shape index (κ3) is 4.59. The summed E-state index contributed by atoms with van der Waals surface area (Å²) in [6.45, 7) is 8.02. The molecule has 3 nitrogen and oxygen atoms in total.